The van der Waals surface area contributed by atoms with Crippen LogP contribution < -0.4 is 10.3 Å². The Hall–Kier alpha value is -3.60. The summed E-state index contributed by atoms with van der Waals surface area (Å²) in [5.74, 6) is 0.435. The van der Waals surface area contributed by atoms with Gasteiger partial charge in [0.2, 0.25) is 5.78 Å². The van der Waals surface area contributed by atoms with Crippen molar-refractivity contribution < 1.29 is 13.9 Å². The van der Waals surface area contributed by atoms with Crippen molar-refractivity contribution in [3.05, 3.63) is 82.4 Å². The summed E-state index contributed by atoms with van der Waals surface area (Å²) < 4.78 is 10.9. The highest BCUT2D eigenvalue weighted by molar-refractivity contribution is 6.07. The highest BCUT2D eigenvalue weighted by atomic mass is 16.5. The van der Waals surface area contributed by atoms with E-state index in [2.05, 4.69) is 4.98 Å². The summed E-state index contributed by atoms with van der Waals surface area (Å²) in [6.07, 6.45) is 2.83. The molecule has 0 saturated heterocycles. The fourth-order valence-corrected chi connectivity index (χ4v) is 2.85. The number of hydrogen-bond donors (Lipinski definition) is 1. The molecule has 0 amide bonds. The lowest BCUT2D eigenvalue weighted by molar-refractivity contribution is 0.102. The van der Waals surface area contributed by atoms with E-state index in [1.54, 1.807) is 25.3 Å². The van der Waals surface area contributed by atoms with Crippen LogP contribution in [0.15, 0.2) is 69.9 Å². The number of aromatic amines is 1. The smallest absolute Gasteiger partial charge is 0.255 e. The molecule has 5 nitrogen and oxygen atoms in total. The van der Waals surface area contributed by atoms with Gasteiger partial charge in [-0.25, -0.2) is 0 Å². The van der Waals surface area contributed by atoms with E-state index >= 15 is 0 Å². The van der Waals surface area contributed by atoms with Gasteiger partial charge in [-0.05, 0) is 41.8 Å². The molecule has 2 aromatic heterocycles. The number of fused-ring (bicyclic) bond motifs is 2. The first-order valence-electron chi connectivity index (χ1n) is 8.07. The largest absolute Gasteiger partial charge is 0.493 e. The molecule has 0 atom stereocenters. The number of ketones is 1. The molecule has 5 heteroatoms. The Morgan fingerprint density at radius 1 is 1.08 bits per heavy atom. The van der Waals surface area contributed by atoms with E-state index in [1.807, 2.05) is 36.4 Å². The van der Waals surface area contributed by atoms with Gasteiger partial charge < -0.3 is 14.1 Å². The van der Waals surface area contributed by atoms with Gasteiger partial charge in [0.1, 0.15) is 0 Å². The maximum Gasteiger partial charge on any atom is 0.255 e. The molecular weight excluding hydrogens is 330 g/mol. The number of para-hydroxylation sites is 2. The molecule has 0 saturated carbocycles. The lowest BCUT2D eigenvalue weighted by atomic mass is 10.1. The molecule has 0 spiro atoms. The number of allylic oxidation sites excluding steroid dienone is 1. The maximum atomic E-state index is 12.4. The van der Waals surface area contributed by atoms with Gasteiger partial charge in [0.15, 0.2) is 17.1 Å². The van der Waals surface area contributed by atoms with E-state index < -0.39 is 0 Å². The maximum absolute atomic E-state index is 12.4. The molecule has 0 aliphatic carbocycles. The molecule has 4 aromatic rings. The van der Waals surface area contributed by atoms with E-state index in [-0.39, 0.29) is 17.1 Å². The van der Waals surface area contributed by atoms with Gasteiger partial charge >= 0.3 is 0 Å². The van der Waals surface area contributed by atoms with E-state index in [0.29, 0.717) is 16.9 Å². The zero-order valence-electron chi connectivity index (χ0n) is 14.0. The molecule has 0 fully saturated rings. The van der Waals surface area contributed by atoms with Crippen molar-refractivity contribution in [3.8, 4) is 5.75 Å². The standard InChI is InChI=1S/C21H15NO4/c1-25-18-8-4-6-14-12-19(26-20(14)18)17(23)10-9-15-11-13-5-2-3-7-16(13)22-21(15)24/h2-12H,1H3,(H,22,24). The van der Waals surface area contributed by atoms with Gasteiger partial charge in [-0.1, -0.05) is 30.3 Å². The van der Waals surface area contributed by atoms with Crippen molar-refractivity contribution in [2.75, 3.05) is 7.11 Å². The van der Waals surface area contributed by atoms with Crippen LogP contribution in [0.2, 0.25) is 0 Å². The average Bonchev–Trinajstić information content (AvgIpc) is 3.10. The van der Waals surface area contributed by atoms with E-state index in [4.69, 9.17) is 9.15 Å². The molecule has 0 aliphatic rings. The van der Waals surface area contributed by atoms with Gasteiger partial charge in [-0.3, -0.25) is 9.59 Å². The number of furan rings is 1. The Morgan fingerprint density at radius 3 is 2.73 bits per heavy atom. The van der Waals surface area contributed by atoms with Crippen LogP contribution in [0.3, 0.4) is 0 Å². The summed E-state index contributed by atoms with van der Waals surface area (Å²) in [6, 6.07) is 16.3. The zero-order valence-corrected chi connectivity index (χ0v) is 14.0. The van der Waals surface area contributed by atoms with Crippen molar-refractivity contribution in [1.29, 1.82) is 0 Å². The zero-order chi connectivity index (χ0) is 18.1. The first-order valence-corrected chi connectivity index (χ1v) is 8.07. The molecule has 2 aromatic carbocycles. The summed E-state index contributed by atoms with van der Waals surface area (Å²) in [5, 5.41) is 1.68. The fourth-order valence-electron chi connectivity index (χ4n) is 2.85. The number of methoxy groups -OCH3 is 1. The second kappa shape index (κ2) is 6.37. The fraction of sp³-hybridized carbons (Fsp3) is 0.0476. The second-order valence-electron chi connectivity index (χ2n) is 5.83. The first-order chi connectivity index (χ1) is 12.7. The van der Waals surface area contributed by atoms with Crippen LogP contribution in [0.5, 0.6) is 5.75 Å². The van der Waals surface area contributed by atoms with Crippen LogP contribution in [0.25, 0.3) is 27.9 Å². The highest BCUT2D eigenvalue weighted by Gasteiger charge is 2.13. The molecule has 26 heavy (non-hydrogen) atoms. The third-order valence-electron chi connectivity index (χ3n) is 4.17. The normalized spacial score (nSPS) is 11.4. The number of hydrogen-bond acceptors (Lipinski definition) is 4. The SMILES string of the molecule is COc1cccc2cc(C(=O)C=Cc3cc4ccccc4[nH]c3=O)oc12. The minimum Gasteiger partial charge on any atom is -0.493 e. The van der Waals surface area contributed by atoms with E-state index in [9.17, 15) is 9.59 Å². The van der Waals surface area contributed by atoms with Crippen molar-refractivity contribution in [2.24, 2.45) is 0 Å². The van der Waals surface area contributed by atoms with Crippen LogP contribution >= 0.6 is 0 Å². The van der Waals surface area contributed by atoms with Crippen molar-refractivity contribution in [2.45, 2.75) is 0 Å². The van der Waals surface area contributed by atoms with Crippen LogP contribution in [0.1, 0.15) is 16.1 Å². The summed E-state index contributed by atoms with van der Waals surface area (Å²) in [4.78, 5) is 27.4. The number of nitrogens with one attached hydrogen (secondary N) is 1. The predicted octanol–water partition coefficient (Wildman–Crippen LogP) is 4.18. The predicted molar refractivity (Wildman–Crippen MR) is 101 cm³/mol. The van der Waals surface area contributed by atoms with Gasteiger partial charge in [-0.2, -0.15) is 0 Å². The lowest BCUT2D eigenvalue weighted by Crippen LogP contribution is -2.08. The molecule has 0 unspecified atom stereocenters. The van der Waals surface area contributed by atoms with E-state index in [0.717, 1.165) is 16.3 Å². The molecule has 0 aliphatic heterocycles. The number of carbonyl (C=O) groups is 1. The van der Waals surface area contributed by atoms with Crippen molar-refractivity contribution in [3.63, 3.8) is 0 Å². The van der Waals surface area contributed by atoms with Crippen LogP contribution in [0, 0.1) is 0 Å². The third-order valence-corrected chi connectivity index (χ3v) is 4.17. The van der Waals surface area contributed by atoms with Crippen molar-refractivity contribution >= 4 is 33.7 Å². The topological polar surface area (TPSA) is 72.3 Å². The number of pyridine rings is 1. The molecule has 4 rings (SSSR count). The summed E-state index contributed by atoms with van der Waals surface area (Å²) >= 11 is 0. The molecule has 2 heterocycles. The Labute approximate surface area is 148 Å². The second-order valence-corrected chi connectivity index (χ2v) is 5.83. The lowest BCUT2D eigenvalue weighted by Gasteiger charge is -1.99. The molecule has 0 bridgehead atoms. The summed E-state index contributed by atoms with van der Waals surface area (Å²) in [5.41, 5.74) is 1.44. The minimum atomic E-state index is -0.323. The summed E-state index contributed by atoms with van der Waals surface area (Å²) in [7, 11) is 1.55. The highest BCUT2D eigenvalue weighted by Crippen LogP contribution is 2.28. The average molecular weight is 345 g/mol. The Kier molecular flexibility index (Phi) is 3.89. The van der Waals surface area contributed by atoms with E-state index in [1.165, 1.54) is 12.2 Å². The molecular formula is C21H15NO4. The number of rotatable bonds is 4. The summed E-state index contributed by atoms with van der Waals surface area (Å²) in [6.45, 7) is 0. The number of carbonyl (C=O) groups excluding carboxylic acids is 1. The third kappa shape index (κ3) is 2.80. The van der Waals surface area contributed by atoms with Gasteiger partial charge in [0, 0.05) is 16.5 Å². The van der Waals surface area contributed by atoms with Crippen molar-refractivity contribution in [1.82, 2.24) is 4.98 Å². The Bertz CT molecular complexity index is 1210. The van der Waals surface area contributed by atoms with Gasteiger partial charge in [0.05, 0.1) is 7.11 Å². The number of benzene rings is 2. The van der Waals surface area contributed by atoms with Crippen LogP contribution in [0.4, 0.5) is 0 Å². The Morgan fingerprint density at radius 2 is 1.88 bits per heavy atom. The van der Waals surface area contributed by atoms with Crippen LogP contribution in [-0.4, -0.2) is 17.9 Å². The Balaban J connectivity index is 1.68. The number of ether oxygens (including phenoxy) is 1. The quantitative estimate of drug-likeness (QED) is 0.445. The monoisotopic (exact) mass is 345 g/mol. The first kappa shape index (κ1) is 15.9. The molecule has 0 radical (unpaired) electrons. The van der Waals surface area contributed by atoms with Crippen LogP contribution in [-0.2, 0) is 0 Å². The van der Waals surface area contributed by atoms with Gasteiger partial charge in [-0.15, -0.1) is 0 Å². The molecule has 128 valence electrons. The number of H-pyrrole nitrogens is 1. The van der Waals surface area contributed by atoms with Gasteiger partial charge in [0.25, 0.3) is 5.56 Å². The minimum absolute atomic E-state index is 0.193. The number of aromatic nitrogens is 1. The molecule has 1 N–H and O–H groups in total.